The van der Waals surface area contributed by atoms with Crippen molar-refractivity contribution in [2.45, 2.75) is 31.2 Å². The third-order valence-electron chi connectivity index (χ3n) is 4.32. The van der Waals surface area contributed by atoms with E-state index in [1.807, 2.05) is 0 Å². The molecule has 2 heterocycles. The van der Waals surface area contributed by atoms with Crippen LogP contribution in [0.25, 0.3) is 0 Å². The first-order chi connectivity index (χ1) is 10.8. The fourth-order valence-corrected chi connectivity index (χ4v) is 3.32. The van der Waals surface area contributed by atoms with Gasteiger partial charge in [-0.3, -0.25) is 9.59 Å². The zero-order valence-electron chi connectivity index (χ0n) is 11.8. The van der Waals surface area contributed by atoms with Crippen LogP contribution in [0.5, 0.6) is 0 Å². The van der Waals surface area contributed by atoms with Gasteiger partial charge >= 0.3 is 12.1 Å². The van der Waals surface area contributed by atoms with Crippen molar-refractivity contribution in [3.63, 3.8) is 0 Å². The maximum atomic E-state index is 12.7. The predicted molar refractivity (Wildman–Crippen MR) is 72.6 cm³/mol. The number of carbonyl (C=O) groups is 2. The molecule has 0 aliphatic carbocycles. The van der Waals surface area contributed by atoms with Gasteiger partial charge in [-0.2, -0.15) is 13.2 Å². The lowest BCUT2D eigenvalue weighted by Gasteiger charge is -2.24. The van der Waals surface area contributed by atoms with E-state index < -0.39 is 47.7 Å². The van der Waals surface area contributed by atoms with Crippen molar-refractivity contribution in [1.29, 1.82) is 0 Å². The maximum absolute atomic E-state index is 12.7. The Morgan fingerprint density at radius 3 is 2.43 bits per heavy atom. The van der Waals surface area contributed by atoms with E-state index in [0.717, 1.165) is 12.1 Å². The average Bonchev–Trinajstić information content (AvgIpc) is 3.07. The number of carboxylic acids is 1. The molecule has 0 radical (unpaired) electrons. The Bertz CT molecular complexity index is 646. The highest BCUT2D eigenvalue weighted by molar-refractivity contribution is 5.96. The van der Waals surface area contributed by atoms with E-state index in [4.69, 9.17) is 4.74 Å². The predicted octanol–water partition coefficient (Wildman–Crippen LogP) is 2.52. The van der Waals surface area contributed by atoms with Gasteiger partial charge in [0.05, 0.1) is 29.6 Å². The number of benzene rings is 1. The summed E-state index contributed by atoms with van der Waals surface area (Å²) in [6.45, 7) is 0. The first kappa shape index (κ1) is 15.8. The van der Waals surface area contributed by atoms with Gasteiger partial charge in [0, 0.05) is 5.69 Å². The summed E-state index contributed by atoms with van der Waals surface area (Å²) in [5, 5.41) is 11.6. The van der Waals surface area contributed by atoms with Crippen LogP contribution in [0.4, 0.5) is 18.9 Å². The highest BCUT2D eigenvalue weighted by Crippen LogP contribution is 2.44. The van der Waals surface area contributed by atoms with E-state index >= 15 is 0 Å². The van der Waals surface area contributed by atoms with Crippen LogP contribution in [0.15, 0.2) is 24.3 Å². The summed E-state index contributed by atoms with van der Waals surface area (Å²) in [6.07, 6.45) is -4.36. The molecule has 4 unspecified atom stereocenters. The van der Waals surface area contributed by atoms with Crippen molar-refractivity contribution in [3.05, 3.63) is 29.8 Å². The number of alkyl halides is 3. The molecule has 2 N–H and O–H groups in total. The van der Waals surface area contributed by atoms with Gasteiger partial charge in [0.1, 0.15) is 0 Å². The summed E-state index contributed by atoms with van der Waals surface area (Å²) in [6, 6.07) is 4.24. The second-order valence-corrected chi connectivity index (χ2v) is 5.75. The molecule has 2 aliphatic heterocycles. The topological polar surface area (TPSA) is 75.6 Å². The molecule has 0 saturated carbocycles. The largest absolute Gasteiger partial charge is 0.481 e. The van der Waals surface area contributed by atoms with E-state index in [-0.39, 0.29) is 5.69 Å². The van der Waals surface area contributed by atoms with Crippen molar-refractivity contribution in [2.75, 3.05) is 5.32 Å². The number of carboxylic acid groups (broad SMARTS) is 1. The van der Waals surface area contributed by atoms with E-state index in [1.165, 1.54) is 12.1 Å². The lowest BCUT2D eigenvalue weighted by atomic mass is 9.78. The van der Waals surface area contributed by atoms with Crippen molar-refractivity contribution in [1.82, 2.24) is 0 Å². The molecule has 0 aromatic heterocycles. The Balaban J connectivity index is 1.78. The quantitative estimate of drug-likeness (QED) is 0.893. The Kier molecular flexibility index (Phi) is 3.79. The number of fused-ring (bicyclic) bond motifs is 2. The first-order valence-corrected chi connectivity index (χ1v) is 7.14. The minimum absolute atomic E-state index is 0.0169. The zero-order chi connectivity index (χ0) is 16.8. The van der Waals surface area contributed by atoms with Gasteiger partial charge in [0.25, 0.3) is 0 Å². The van der Waals surface area contributed by atoms with Crippen LogP contribution >= 0.6 is 0 Å². The van der Waals surface area contributed by atoms with Crippen molar-refractivity contribution < 1.29 is 32.6 Å². The number of hydrogen-bond donors (Lipinski definition) is 2. The minimum atomic E-state index is -4.51. The summed E-state index contributed by atoms with van der Waals surface area (Å²) >= 11 is 0. The molecule has 5 nitrogen and oxygen atoms in total. The molecule has 3 rings (SSSR count). The second-order valence-electron chi connectivity index (χ2n) is 5.75. The lowest BCUT2D eigenvalue weighted by molar-refractivity contribution is -0.147. The Hall–Kier alpha value is -2.09. The van der Waals surface area contributed by atoms with Crippen molar-refractivity contribution in [3.8, 4) is 0 Å². The monoisotopic (exact) mass is 329 g/mol. The average molecular weight is 329 g/mol. The van der Waals surface area contributed by atoms with Crippen LogP contribution in [0.2, 0.25) is 0 Å². The molecule has 1 aromatic carbocycles. The number of ether oxygens (including phenoxy) is 1. The van der Waals surface area contributed by atoms with Crippen molar-refractivity contribution in [2.24, 2.45) is 11.8 Å². The molecule has 4 atom stereocenters. The number of carbonyl (C=O) groups excluding carboxylic acids is 1. The van der Waals surface area contributed by atoms with Gasteiger partial charge in [-0.25, -0.2) is 0 Å². The highest BCUT2D eigenvalue weighted by Gasteiger charge is 2.55. The summed E-state index contributed by atoms with van der Waals surface area (Å²) in [5.74, 6) is -3.59. The molecule has 8 heteroatoms. The molecule has 2 fully saturated rings. The Morgan fingerprint density at radius 1 is 1.17 bits per heavy atom. The SMILES string of the molecule is O=C(O)C1C2CCC(O2)C1C(=O)Nc1cccc(C(F)(F)F)c1. The summed E-state index contributed by atoms with van der Waals surface area (Å²) in [4.78, 5) is 23.7. The smallest absolute Gasteiger partial charge is 0.416 e. The van der Waals surface area contributed by atoms with E-state index in [2.05, 4.69) is 5.32 Å². The van der Waals surface area contributed by atoms with Gasteiger partial charge in [0.15, 0.2) is 0 Å². The van der Waals surface area contributed by atoms with Gasteiger partial charge < -0.3 is 15.2 Å². The second kappa shape index (κ2) is 5.52. The molecule has 2 saturated heterocycles. The number of anilines is 1. The maximum Gasteiger partial charge on any atom is 0.416 e. The summed E-state index contributed by atoms with van der Waals surface area (Å²) in [7, 11) is 0. The van der Waals surface area contributed by atoms with E-state index in [1.54, 1.807) is 0 Å². The Labute approximate surface area is 129 Å². The van der Waals surface area contributed by atoms with Gasteiger partial charge in [-0.15, -0.1) is 0 Å². The van der Waals surface area contributed by atoms with Gasteiger partial charge in [-0.1, -0.05) is 6.07 Å². The van der Waals surface area contributed by atoms with E-state index in [0.29, 0.717) is 12.8 Å². The summed E-state index contributed by atoms with van der Waals surface area (Å²) < 4.78 is 43.5. The van der Waals surface area contributed by atoms with Crippen LogP contribution < -0.4 is 5.32 Å². The fourth-order valence-electron chi connectivity index (χ4n) is 3.32. The third-order valence-corrected chi connectivity index (χ3v) is 4.32. The number of hydrogen-bond acceptors (Lipinski definition) is 3. The number of halogens is 3. The van der Waals surface area contributed by atoms with Crippen LogP contribution in [-0.4, -0.2) is 29.2 Å². The van der Waals surface area contributed by atoms with E-state index in [9.17, 15) is 27.9 Å². The van der Waals surface area contributed by atoms with Gasteiger partial charge in [-0.05, 0) is 31.0 Å². The van der Waals surface area contributed by atoms with Crippen LogP contribution in [0.1, 0.15) is 18.4 Å². The first-order valence-electron chi connectivity index (χ1n) is 7.14. The molecule has 124 valence electrons. The standard InChI is InChI=1S/C15H14F3NO4/c16-15(17,18)7-2-1-3-8(6-7)19-13(20)11-9-4-5-10(23-9)12(11)14(21)22/h1-3,6,9-12H,4-5H2,(H,19,20)(H,21,22). The molecule has 23 heavy (non-hydrogen) atoms. The highest BCUT2D eigenvalue weighted by atomic mass is 19.4. The Morgan fingerprint density at radius 2 is 1.83 bits per heavy atom. The lowest BCUT2D eigenvalue weighted by Crippen LogP contribution is -2.40. The van der Waals surface area contributed by atoms with Gasteiger partial charge in [0.2, 0.25) is 5.91 Å². The van der Waals surface area contributed by atoms with Crippen LogP contribution in [0, 0.1) is 11.8 Å². The molecular weight excluding hydrogens is 315 g/mol. The molecular formula is C15H14F3NO4. The minimum Gasteiger partial charge on any atom is -0.481 e. The number of nitrogens with one attached hydrogen (secondary N) is 1. The number of rotatable bonds is 3. The van der Waals surface area contributed by atoms with Crippen LogP contribution in [0.3, 0.4) is 0 Å². The molecule has 2 aliphatic rings. The fraction of sp³-hybridized carbons (Fsp3) is 0.467. The molecule has 1 amide bonds. The van der Waals surface area contributed by atoms with Crippen molar-refractivity contribution >= 4 is 17.6 Å². The molecule has 2 bridgehead atoms. The number of amides is 1. The molecule has 0 spiro atoms. The zero-order valence-corrected chi connectivity index (χ0v) is 11.8. The van der Waals surface area contributed by atoms with Crippen LogP contribution in [-0.2, 0) is 20.5 Å². The number of aliphatic carboxylic acids is 1. The molecule has 1 aromatic rings. The normalized spacial score (nSPS) is 29.5. The third kappa shape index (κ3) is 2.90. The summed E-state index contributed by atoms with van der Waals surface area (Å²) in [5.41, 5.74) is -0.897.